The Balaban J connectivity index is 1.74. The molecule has 0 N–H and O–H groups in total. The first-order valence-corrected chi connectivity index (χ1v) is 7.14. The zero-order valence-electron chi connectivity index (χ0n) is 11.2. The Labute approximate surface area is 118 Å². The Kier molecular flexibility index (Phi) is 2.98. The molecule has 0 bridgehead atoms. The summed E-state index contributed by atoms with van der Waals surface area (Å²) in [5, 5.41) is 0. The van der Waals surface area contributed by atoms with Gasteiger partial charge in [0.15, 0.2) is 0 Å². The van der Waals surface area contributed by atoms with Crippen LogP contribution in [0, 0.1) is 0 Å². The van der Waals surface area contributed by atoms with Crippen molar-refractivity contribution in [2.75, 3.05) is 6.54 Å². The van der Waals surface area contributed by atoms with Crippen LogP contribution in [0.4, 0.5) is 0 Å². The number of hydrogen-bond acceptors (Lipinski definition) is 4. The zero-order chi connectivity index (χ0) is 13.4. The molecule has 0 spiro atoms. The van der Waals surface area contributed by atoms with Gasteiger partial charge in [0.25, 0.3) is 0 Å². The Hall–Kier alpha value is -1.78. The lowest BCUT2D eigenvalue weighted by Gasteiger charge is -2.25. The summed E-state index contributed by atoms with van der Waals surface area (Å²) in [6, 6.07) is 8.60. The summed E-state index contributed by atoms with van der Waals surface area (Å²) < 4.78 is 6.32. The number of rotatable bonds is 2. The average Bonchev–Trinajstić information content (AvgIpc) is 3.09. The maximum absolute atomic E-state index is 6.32. The van der Waals surface area contributed by atoms with Gasteiger partial charge in [-0.15, -0.1) is 0 Å². The molecule has 3 atom stereocenters. The summed E-state index contributed by atoms with van der Waals surface area (Å²) in [5.41, 5.74) is 2.49. The van der Waals surface area contributed by atoms with Gasteiger partial charge in [0.2, 0.25) is 0 Å². The van der Waals surface area contributed by atoms with E-state index in [0.29, 0.717) is 0 Å². The topological polar surface area (TPSA) is 38.2 Å². The predicted octanol–water partition coefficient (Wildman–Crippen LogP) is 2.71. The highest BCUT2D eigenvalue weighted by atomic mass is 16.5. The highest BCUT2D eigenvalue weighted by Gasteiger charge is 2.45. The lowest BCUT2D eigenvalue weighted by Crippen LogP contribution is -2.26. The van der Waals surface area contributed by atoms with E-state index in [1.807, 2.05) is 24.8 Å². The maximum Gasteiger partial charge on any atom is 0.112 e. The molecular formula is C16H17N3O. The van der Waals surface area contributed by atoms with E-state index in [0.717, 1.165) is 13.0 Å². The van der Waals surface area contributed by atoms with E-state index in [1.54, 1.807) is 0 Å². The Morgan fingerprint density at radius 2 is 1.60 bits per heavy atom. The summed E-state index contributed by atoms with van der Waals surface area (Å²) >= 11 is 0. The van der Waals surface area contributed by atoms with Crippen molar-refractivity contribution in [3.05, 3.63) is 60.2 Å². The molecule has 102 valence electrons. The van der Waals surface area contributed by atoms with Crippen LogP contribution in [0.3, 0.4) is 0 Å². The molecule has 2 saturated heterocycles. The van der Waals surface area contributed by atoms with Gasteiger partial charge in [0.1, 0.15) is 12.3 Å². The second kappa shape index (κ2) is 4.96. The van der Waals surface area contributed by atoms with Crippen LogP contribution in [0.15, 0.2) is 49.1 Å². The molecule has 2 fully saturated rings. The molecule has 2 aliphatic heterocycles. The maximum atomic E-state index is 6.32. The molecule has 0 saturated carbocycles. The van der Waals surface area contributed by atoms with Crippen molar-refractivity contribution in [1.29, 1.82) is 0 Å². The minimum atomic E-state index is 0.0886. The highest BCUT2D eigenvalue weighted by molar-refractivity contribution is 5.26. The van der Waals surface area contributed by atoms with Crippen molar-refractivity contribution in [2.24, 2.45) is 0 Å². The summed E-state index contributed by atoms with van der Waals surface area (Å²) in [6.07, 6.45) is 10.1. The molecule has 0 aromatic carbocycles. The fraction of sp³-hybridized carbons (Fsp3) is 0.375. The predicted molar refractivity (Wildman–Crippen MR) is 74.8 cm³/mol. The van der Waals surface area contributed by atoms with Gasteiger partial charge in [-0.05, 0) is 48.2 Å². The van der Waals surface area contributed by atoms with Crippen LogP contribution in [0.1, 0.15) is 36.1 Å². The second-order valence-electron chi connectivity index (χ2n) is 5.40. The molecule has 0 amide bonds. The smallest absolute Gasteiger partial charge is 0.112 e. The van der Waals surface area contributed by atoms with Crippen molar-refractivity contribution in [3.8, 4) is 0 Å². The van der Waals surface area contributed by atoms with E-state index in [2.05, 4.69) is 39.1 Å². The van der Waals surface area contributed by atoms with Gasteiger partial charge in [0.05, 0.1) is 6.04 Å². The normalized spacial score (nSPS) is 29.5. The summed E-state index contributed by atoms with van der Waals surface area (Å²) in [5.74, 6) is 0. The molecule has 4 nitrogen and oxygen atoms in total. The Morgan fingerprint density at radius 3 is 2.30 bits per heavy atom. The van der Waals surface area contributed by atoms with E-state index in [4.69, 9.17) is 4.74 Å². The number of pyridine rings is 2. The van der Waals surface area contributed by atoms with Crippen molar-refractivity contribution in [2.45, 2.75) is 31.2 Å². The second-order valence-corrected chi connectivity index (χ2v) is 5.40. The Bertz CT molecular complexity index is 575. The van der Waals surface area contributed by atoms with Gasteiger partial charge < -0.3 is 4.74 Å². The monoisotopic (exact) mass is 267 g/mol. The molecule has 4 heterocycles. The number of fused-ring (bicyclic) bond motifs is 1. The van der Waals surface area contributed by atoms with Gasteiger partial charge in [0, 0.05) is 31.3 Å². The number of ether oxygens (including phenoxy) is 1. The first kappa shape index (κ1) is 12.0. The summed E-state index contributed by atoms with van der Waals surface area (Å²) in [7, 11) is 0. The Morgan fingerprint density at radius 1 is 0.950 bits per heavy atom. The van der Waals surface area contributed by atoms with Crippen LogP contribution in [0.2, 0.25) is 0 Å². The number of aromatic nitrogens is 2. The number of nitrogens with zero attached hydrogens (tertiary/aromatic N) is 3. The number of hydrogen-bond donors (Lipinski definition) is 0. The SMILES string of the molecule is c1cc([C@@H]2[C@H](c3ccncc3)O[C@H]3CCCN32)ccn1. The van der Waals surface area contributed by atoms with E-state index < -0.39 is 0 Å². The minimum absolute atomic E-state index is 0.0886. The lowest BCUT2D eigenvalue weighted by molar-refractivity contribution is 0.0173. The average molecular weight is 267 g/mol. The van der Waals surface area contributed by atoms with Crippen molar-refractivity contribution in [1.82, 2.24) is 14.9 Å². The molecule has 2 aliphatic rings. The van der Waals surface area contributed by atoms with E-state index in [1.165, 1.54) is 17.5 Å². The zero-order valence-corrected chi connectivity index (χ0v) is 11.2. The van der Waals surface area contributed by atoms with E-state index >= 15 is 0 Å². The van der Waals surface area contributed by atoms with Crippen LogP contribution in [-0.2, 0) is 4.74 Å². The fourth-order valence-corrected chi connectivity index (χ4v) is 3.38. The molecular weight excluding hydrogens is 250 g/mol. The summed E-state index contributed by atoms with van der Waals surface area (Å²) in [6.45, 7) is 1.11. The molecule has 4 heteroatoms. The van der Waals surface area contributed by atoms with Gasteiger partial charge >= 0.3 is 0 Å². The van der Waals surface area contributed by atoms with E-state index in [-0.39, 0.29) is 18.4 Å². The largest absolute Gasteiger partial charge is 0.353 e. The molecule has 4 rings (SSSR count). The first-order chi connectivity index (χ1) is 9.93. The molecule has 2 aromatic rings. The fourth-order valence-electron chi connectivity index (χ4n) is 3.38. The van der Waals surface area contributed by atoms with Crippen LogP contribution < -0.4 is 0 Å². The highest BCUT2D eigenvalue weighted by Crippen LogP contribution is 2.47. The van der Waals surface area contributed by atoms with Crippen LogP contribution in [0.25, 0.3) is 0 Å². The first-order valence-electron chi connectivity index (χ1n) is 7.14. The summed E-state index contributed by atoms with van der Waals surface area (Å²) in [4.78, 5) is 10.7. The standard InChI is InChI=1S/C16H17N3O/c1-2-14-19(11-1)15(12-3-7-17-8-4-12)16(20-14)13-5-9-18-10-6-13/h3-10,14-16H,1-2,11H2/t14-,15+,16-/m0/s1. The third-order valence-corrected chi connectivity index (χ3v) is 4.27. The molecule has 2 aromatic heterocycles. The van der Waals surface area contributed by atoms with Gasteiger partial charge in [-0.25, -0.2) is 0 Å². The van der Waals surface area contributed by atoms with E-state index in [9.17, 15) is 0 Å². The molecule has 0 radical (unpaired) electrons. The van der Waals surface area contributed by atoms with Crippen LogP contribution in [-0.4, -0.2) is 27.6 Å². The van der Waals surface area contributed by atoms with Crippen LogP contribution >= 0.6 is 0 Å². The van der Waals surface area contributed by atoms with Crippen molar-refractivity contribution in [3.63, 3.8) is 0 Å². The molecule has 0 unspecified atom stereocenters. The van der Waals surface area contributed by atoms with Crippen molar-refractivity contribution < 1.29 is 4.74 Å². The minimum Gasteiger partial charge on any atom is -0.353 e. The van der Waals surface area contributed by atoms with Gasteiger partial charge in [-0.2, -0.15) is 0 Å². The van der Waals surface area contributed by atoms with Gasteiger partial charge in [-0.1, -0.05) is 0 Å². The quantitative estimate of drug-likeness (QED) is 0.838. The molecule has 20 heavy (non-hydrogen) atoms. The van der Waals surface area contributed by atoms with Crippen molar-refractivity contribution >= 4 is 0 Å². The molecule has 0 aliphatic carbocycles. The lowest BCUT2D eigenvalue weighted by atomic mass is 9.97. The van der Waals surface area contributed by atoms with Gasteiger partial charge in [-0.3, -0.25) is 14.9 Å². The third kappa shape index (κ3) is 1.92. The van der Waals surface area contributed by atoms with Crippen LogP contribution in [0.5, 0.6) is 0 Å². The third-order valence-electron chi connectivity index (χ3n) is 4.27.